The van der Waals surface area contributed by atoms with Crippen molar-refractivity contribution in [2.24, 2.45) is 4.99 Å². The zero-order valence-corrected chi connectivity index (χ0v) is 15.1. The average molecular weight is 337 g/mol. The summed E-state index contributed by atoms with van der Waals surface area (Å²) in [6.45, 7) is 5.29. The third-order valence-electron chi connectivity index (χ3n) is 3.38. The van der Waals surface area contributed by atoms with Gasteiger partial charge in [-0.15, -0.1) is 6.58 Å². The van der Waals surface area contributed by atoms with Crippen LogP contribution in [-0.2, 0) is 22.1 Å². The van der Waals surface area contributed by atoms with E-state index >= 15 is 0 Å². The molecule has 0 fully saturated rings. The molecule has 0 radical (unpaired) electrons. The number of guanidine groups is 1. The molecule has 0 saturated heterocycles. The number of allylic oxidation sites excluding steroid dienone is 1. The predicted octanol–water partition coefficient (Wildman–Crippen LogP) is 2.20. The highest BCUT2D eigenvalue weighted by atomic mass is 32.2. The van der Waals surface area contributed by atoms with E-state index in [1.165, 1.54) is 6.26 Å². The molecule has 0 aliphatic rings. The lowest BCUT2D eigenvalue weighted by atomic mass is 10.1. The highest BCUT2D eigenvalue weighted by Crippen LogP contribution is 2.08. The number of benzene rings is 1. The van der Waals surface area contributed by atoms with Crippen molar-refractivity contribution in [1.82, 2.24) is 10.2 Å². The second-order valence-corrected chi connectivity index (χ2v) is 7.78. The van der Waals surface area contributed by atoms with Crippen LogP contribution < -0.4 is 5.32 Å². The molecule has 0 aliphatic heterocycles. The molecule has 0 amide bonds. The topological polar surface area (TPSA) is 61.8 Å². The summed E-state index contributed by atoms with van der Waals surface area (Å²) in [6.07, 6.45) is 5.20. The molecule has 0 unspecified atom stereocenters. The Balaban J connectivity index is 2.54. The minimum absolute atomic E-state index is 0.0778. The first-order valence-corrected chi connectivity index (χ1v) is 9.70. The first-order valence-electron chi connectivity index (χ1n) is 7.64. The fourth-order valence-corrected chi connectivity index (χ4v) is 3.00. The first kappa shape index (κ1) is 19.2. The maximum Gasteiger partial charge on any atom is 0.193 e. The van der Waals surface area contributed by atoms with Crippen molar-refractivity contribution in [2.45, 2.75) is 25.1 Å². The summed E-state index contributed by atoms with van der Waals surface area (Å²) in [5.74, 6) is 0.920. The van der Waals surface area contributed by atoms with Gasteiger partial charge in [0.15, 0.2) is 15.8 Å². The van der Waals surface area contributed by atoms with Crippen molar-refractivity contribution in [3.05, 3.63) is 48.0 Å². The van der Waals surface area contributed by atoms with Crippen LogP contribution in [0.25, 0.3) is 0 Å². The maximum atomic E-state index is 11.3. The molecule has 0 bridgehead atoms. The predicted molar refractivity (Wildman–Crippen MR) is 97.2 cm³/mol. The SMILES string of the molecule is C=CCCCN(C)C(=NC)NCc1ccc(CS(C)(=O)=O)cc1. The van der Waals surface area contributed by atoms with Crippen molar-refractivity contribution in [3.8, 4) is 0 Å². The molecule has 23 heavy (non-hydrogen) atoms. The van der Waals surface area contributed by atoms with Crippen molar-refractivity contribution in [1.29, 1.82) is 0 Å². The first-order chi connectivity index (χ1) is 10.9. The summed E-state index contributed by atoms with van der Waals surface area (Å²) in [6, 6.07) is 7.60. The number of aliphatic imine (C=N–C) groups is 1. The van der Waals surface area contributed by atoms with E-state index in [0.717, 1.165) is 36.5 Å². The van der Waals surface area contributed by atoms with Gasteiger partial charge >= 0.3 is 0 Å². The fourth-order valence-electron chi connectivity index (χ4n) is 2.20. The number of hydrogen-bond donors (Lipinski definition) is 1. The largest absolute Gasteiger partial charge is 0.352 e. The molecule has 5 nitrogen and oxygen atoms in total. The Labute approximate surface area is 140 Å². The third kappa shape index (κ3) is 7.83. The Morgan fingerprint density at radius 1 is 1.30 bits per heavy atom. The molecule has 1 N–H and O–H groups in total. The number of hydrogen-bond acceptors (Lipinski definition) is 3. The molecule has 0 aliphatic carbocycles. The van der Waals surface area contributed by atoms with Crippen LogP contribution in [0.3, 0.4) is 0 Å². The van der Waals surface area contributed by atoms with E-state index in [2.05, 4.69) is 21.8 Å². The van der Waals surface area contributed by atoms with Gasteiger partial charge in [0.05, 0.1) is 5.75 Å². The van der Waals surface area contributed by atoms with Gasteiger partial charge < -0.3 is 10.2 Å². The quantitative estimate of drug-likeness (QED) is 0.342. The van der Waals surface area contributed by atoms with E-state index in [-0.39, 0.29) is 5.75 Å². The van der Waals surface area contributed by atoms with Gasteiger partial charge in [-0.25, -0.2) is 8.42 Å². The maximum absolute atomic E-state index is 11.3. The molecule has 0 spiro atoms. The second-order valence-electron chi connectivity index (χ2n) is 5.64. The highest BCUT2D eigenvalue weighted by molar-refractivity contribution is 7.89. The lowest BCUT2D eigenvalue weighted by Gasteiger charge is -2.22. The Hall–Kier alpha value is -1.82. The Kier molecular flexibility index (Phi) is 7.81. The van der Waals surface area contributed by atoms with E-state index in [1.807, 2.05) is 37.4 Å². The lowest BCUT2D eigenvalue weighted by Crippen LogP contribution is -2.38. The standard InChI is InChI=1S/C17H27N3O2S/c1-5-6-7-12-20(3)17(18-2)19-13-15-8-10-16(11-9-15)14-23(4,21)22/h5,8-11H,1,6-7,12-14H2,2-4H3,(H,18,19). The minimum atomic E-state index is -2.99. The minimum Gasteiger partial charge on any atom is -0.352 e. The van der Waals surface area contributed by atoms with E-state index in [0.29, 0.717) is 6.54 Å². The molecule has 1 rings (SSSR count). The van der Waals surface area contributed by atoms with E-state index in [1.54, 1.807) is 7.05 Å². The Bertz CT molecular complexity index is 622. The summed E-state index contributed by atoms with van der Waals surface area (Å²) in [5.41, 5.74) is 1.89. The molecule has 1 aromatic rings. The van der Waals surface area contributed by atoms with E-state index in [4.69, 9.17) is 0 Å². The molecule has 0 saturated carbocycles. The van der Waals surface area contributed by atoms with Gasteiger partial charge in [-0.3, -0.25) is 4.99 Å². The normalized spacial score (nSPS) is 12.0. The van der Waals surface area contributed by atoms with Gasteiger partial charge in [0, 0.05) is 33.4 Å². The zero-order valence-electron chi connectivity index (χ0n) is 14.2. The molecular weight excluding hydrogens is 310 g/mol. The number of nitrogens with zero attached hydrogens (tertiary/aromatic N) is 2. The summed E-state index contributed by atoms with van der Waals surface area (Å²) < 4.78 is 22.6. The summed E-state index contributed by atoms with van der Waals surface area (Å²) >= 11 is 0. The Morgan fingerprint density at radius 2 is 1.91 bits per heavy atom. The number of rotatable bonds is 8. The smallest absolute Gasteiger partial charge is 0.193 e. The molecule has 1 aromatic carbocycles. The van der Waals surface area contributed by atoms with Crippen molar-refractivity contribution < 1.29 is 8.42 Å². The van der Waals surface area contributed by atoms with Gasteiger partial charge in [-0.1, -0.05) is 30.3 Å². The molecule has 0 aromatic heterocycles. The van der Waals surface area contributed by atoms with Crippen LogP contribution in [0.1, 0.15) is 24.0 Å². The molecule has 0 heterocycles. The van der Waals surface area contributed by atoms with Gasteiger partial charge in [0.2, 0.25) is 0 Å². The molecule has 6 heteroatoms. The fraction of sp³-hybridized carbons (Fsp3) is 0.471. The van der Waals surface area contributed by atoms with Gasteiger partial charge in [0.1, 0.15) is 0 Å². The van der Waals surface area contributed by atoms with Crippen molar-refractivity contribution in [2.75, 3.05) is 26.9 Å². The number of unbranched alkanes of at least 4 members (excludes halogenated alkanes) is 1. The highest BCUT2D eigenvalue weighted by Gasteiger charge is 2.06. The average Bonchev–Trinajstić information content (AvgIpc) is 2.48. The van der Waals surface area contributed by atoms with Crippen LogP contribution in [-0.4, -0.2) is 46.2 Å². The van der Waals surface area contributed by atoms with Crippen LogP contribution >= 0.6 is 0 Å². The van der Waals surface area contributed by atoms with Crippen molar-refractivity contribution in [3.63, 3.8) is 0 Å². The van der Waals surface area contributed by atoms with Crippen LogP contribution in [0.2, 0.25) is 0 Å². The summed E-state index contributed by atoms with van der Waals surface area (Å²) in [4.78, 5) is 6.36. The van der Waals surface area contributed by atoms with Crippen LogP contribution in [0, 0.1) is 0 Å². The lowest BCUT2D eigenvalue weighted by molar-refractivity contribution is 0.470. The second kappa shape index (κ2) is 9.35. The van der Waals surface area contributed by atoms with E-state index < -0.39 is 9.84 Å². The Morgan fingerprint density at radius 3 is 2.43 bits per heavy atom. The molecule has 0 atom stereocenters. The van der Waals surface area contributed by atoms with Crippen LogP contribution in [0.5, 0.6) is 0 Å². The summed E-state index contributed by atoms with van der Waals surface area (Å²) in [7, 11) is 0.782. The zero-order chi connectivity index (χ0) is 17.3. The number of sulfone groups is 1. The number of nitrogens with one attached hydrogen (secondary N) is 1. The van der Waals surface area contributed by atoms with Gasteiger partial charge in [-0.05, 0) is 24.0 Å². The molecular formula is C17H27N3O2S. The van der Waals surface area contributed by atoms with Crippen LogP contribution in [0.4, 0.5) is 0 Å². The van der Waals surface area contributed by atoms with Crippen molar-refractivity contribution >= 4 is 15.8 Å². The van der Waals surface area contributed by atoms with Gasteiger partial charge in [0.25, 0.3) is 0 Å². The third-order valence-corrected chi connectivity index (χ3v) is 4.24. The molecule has 128 valence electrons. The summed E-state index contributed by atoms with van der Waals surface area (Å²) in [5, 5.41) is 3.31. The van der Waals surface area contributed by atoms with Gasteiger partial charge in [-0.2, -0.15) is 0 Å². The van der Waals surface area contributed by atoms with Crippen LogP contribution in [0.15, 0.2) is 41.9 Å². The monoisotopic (exact) mass is 337 g/mol. The van der Waals surface area contributed by atoms with E-state index in [9.17, 15) is 8.42 Å².